The van der Waals surface area contributed by atoms with Crippen molar-refractivity contribution in [3.05, 3.63) is 0 Å². The molecule has 0 aliphatic heterocycles. The summed E-state index contributed by atoms with van der Waals surface area (Å²) in [6.07, 6.45) is 11.1. The number of carboxylic acid groups (broad SMARTS) is 2. The van der Waals surface area contributed by atoms with Crippen molar-refractivity contribution >= 4 is 6.16 Å². The first kappa shape index (κ1) is 20.5. The van der Waals surface area contributed by atoms with E-state index in [-0.39, 0.29) is 0 Å². The predicted molar refractivity (Wildman–Crippen MR) is 80.8 cm³/mol. The van der Waals surface area contributed by atoms with E-state index in [1.54, 1.807) is 0 Å². The van der Waals surface area contributed by atoms with Crippen molar-refractivity contribution < 1.29 is 19.5 Å². The second-order valence-electron chi connectivity index (χ2n) is 6.12. The first-order chi connectivity index (χ1) is 8.79. The molecule has 19 heavy (non-hydrogen) atoms. The predicted octanol–water partition coefficient (Wildman–Crippen LogP) is 4.45. The molecule has 0 spiro atoms. The van der Waals surface area contributed by atoms with E-state index in [1.807, 2.05) is 0 Å². The van der Waals surface area contributed by atoms with Crippen LogP contribution in [0.1, 0.15) is 64.7 Å². The Morgan fingerprint density at radius 3 is 1.42 bits per heavy atom. The van der Waals surface area contributed by atoms with Gasteiger partial charge in [-0.15, -0.1) is 0 Å². The van der Waals surface area contributed by atoms with Crippen molar-refractivity contribution in [3.8, 4) is 0 Å². The van der Waals surface area contributed by atoms with E-state index < -0.39 is 6.16 Å². The van der Waals surface area contributed by atoms with Crippen molar-refractivity contribution in [3.63, 3.8) is 0 Å². The highest BCUT2D eigenvalue weighted by atomic mass is 16.6. The minimum Gasteiger partial charge on any atom is -0.450 e. The molecule has 0 atom stereocenters. The van der Waals surface area contributed by atoms with Crippen LogP contribution in [-0.4, -0.2) is 48.5 Å². The monoisotopic (exact) mass is 276 g/mol. The Labute approximate surface area is 119 Å². The Hall–Kier alpha value is -0.770. The topological polar surface area (TPSA) is 57.5 Å². The van der Waals surface area contributed by atoms with Crippen LogP contribution >= 0.6 is 0 Å². The van der Waals surface area contributed by atoms with Crippen molar-refractivity contribution in [2.75, 3.05) is 27.7 Å². The molecule has 0 aromatic carbocycles. The van der Waals surface area contributed by atoms with Crippen molar-refractivity contribution in [1.29, 1.82) is 0 Å². The second-order valence-corrected chi connectivity index (χ2v) is 6.12. The summed E-state index contributed by atoms with van der Waals surface area (Å²) >= 11 is 0. The number of rotatable bonds is 10. The lowest BCUT2D eigenvalue weighted by atomic mass is 10.1. The minimum absolute atomic E-state index is 1.12. The van der Waals surface area contributed by atoms with E-state index >= 15 is 0 Å². The zero-order chi connectivity index (χ0) is 15.1. The molecule has 0 radical (unpaired) electrons. The van der Waals surface area contributed by atoms with Gasteiger partial charge < -0.3 is 14.7 Å². The van der Waals surface area contributed by atoms with Crippen LogP contribution in [0.4, 0.5) is 4.79 Å². The molecule has 0 aromatic heterocycles. The third-order valence-corrected chi connectivity index (χ3v) is 2.93. The van der Waals surface area contributed by atoms with Gasteiger partial charge >= 0.3 is 6.16 Å². The Bertz CT molecular complexity index is 196. The molecule has 0 rings (SSSR count). The van der Waals surface area contributed by atoms with Crippen molar-refractivity contribution in [2.45, 2.75) is 64.7 Å². The van der Waals surface area contributed by atoms with Gasteiger partial charge in [0, 0.05) is 0 Å². The fourth-order valence-corrected chi connectivity index (χ4v) is 1.90. The molecular weight excluding hydrogens is 242 g/mol. The van der Waals surface area contributed by atoms with Gasteiger partial charge in [0.1, 0.15) is 0 Å². The molecule has 0 saturated heterocycles. The maximum atomic E-state index is 8.56. The zero-order valence-corrected chi connectivity index (χ0v) is 13.3. The van der Waals surface area contributed by atoms with Crippen LogP contribution in [0.5, 0.6) is 0 Å². The molecular formula is C15H34NO3+. The molecule has 0 aliphatic carbocycles. The van der Waals surface area contributed by atoms with Gasteiger partial charge in [-0.05, 0) is 12.8 Å². The third kappa shape index (κ3) is 31.7. The van der Waals surface area contributed by atoms with E-state index in [2.05, 4.69) is 28.1 Å². The Balaban J connectivity index is 0. The average molecular weight is 276 g/mol. The molecule has 0 aliphatic rings. The first-order valence-electron chi connectivity index (χ1n) is 7.52. The number of hydrogen-bond acceptors (Lipinski definition) is 1. The van der Waals surface area contributed by atoms with Crippen molar-refractivity contribution in [1.82, 2.24) is 0 Å². The van der Waals surface area contributed by atoms with Gasteiger partial charge in [0.05, 0.1) is 27.7 Å². The Kier molecular flexibility index (Phi) is 14.8. The van der Waals surface area contributed by atoms with Crippen LogP contribution in [0.3, 0.4) is 0 Å². The molecule has 4 nitrogen and oxygen atoms in total. The Morgan fingerprint density at radius 2 is 1.11 bits per heavy atom. The molecule has 0 saturated carbocycles. The normalized spacial score (nSPS) is 10.7. The van der Waals surface area contributed by atoms with E-state index in [4.69, 9.17) is 15.0 Å². The lowest BCUT2D eigenvalue weighted by Crippen LogP contribution is -2.35. The molecule has 2 N–H and O–H groups in total. The van der Waals surface area contributed by atoms with Gasteiger partial charge in [0.25, 0.3) is 0 Å². The highest BCUT2D eigenvalue weighted by Gasteiger charge is 2.04. The minimum atomic E-state index is -1.83. The summed E-state index contributed by atoms with van der Waals surface area (Å²) in [5.74, 6) is 0. The molecule has 0 aromatic rings. The summed E-state index contributed by atoms with van der Waals surface area (Å²) in [5.41, 5.74) is 0. The Morgan fingerprint density at radius 1 is 0.789 bits per heavy atom. The van der Waals surface area contributed by atoms with Crippen LogP contribution < -0.4 is 0 Å². The molecule has 4 heteroatoms. The van der Waals surface area contributed by atoms with E-state index in [0.717, 1.165) is 4.48 Å². The summed E-state index contributed by atoms with van der Waals surface area (Å²) in [4.78, 5) is 8.56. The quantitative estimate of drug-likeness (QED) is 0.458. The molecule has 116 valence electrons. The van der Waals surface area contributed by atoms with E-state index in [0.29, 0.717) is 0 Å². The van der Waals surface area contributed by atoms with Crippen LogP contribution in [-0.2, 0) is 0 Å². The largest absolute Gasteiger partial charge is 0.503 e. The SMILES string of the molecule is CCCCCCCCCCC[N+](C)(C)C.O=C(O)O. The van der Waals surface area contributed by atoms with E-state index in [9.17, 15) is 0 Å². The van der Waals surface area contributed by atoms with Gasteiger partial charge in [-0.3, -0.25) is 0 Å². The fraction of sp³-hybridized carbons (Fsp3) is 0.933. The number of quaternary nitrogens is 1. The molecule has 0 heterocycles. The van der Waals surface area contributed by atoms with Crippen LogP contribution in [0, 0.1) is 0 Å². The number of nitrogens with zero attached hydrogens (tertiary/aromatic N) is 1. The molecule has 0 unspecified atom stereocenters. The molecule has 0 bridgehead atoms. The maximum absolute atomic E-state index is 8.56. The standard InChI is InChI=1S/C14H32N.CH2O3/c1-5-6-7-8-9-10-11-12-13-14-15(2,3)4;2-1(3)4/h5-14H2,1-4H3;(H2,2,3,4)/q+1;. The highest BCUT2D eigenvalue weighted by molar-refractivity contribution is 5.53. The summed E-state index contributed by atoms with van der Waals surface area (Å²) < 4.78 is 1.12. The summed E-state index contributed by atoms with van der Waals surface area (Å²) in [7, 11) is 6.85. The number of hydrogen-bond donors (Lipinski definition) is 2. The highest BCUT2D eigenvalue weighted by Crippen LogP contribution is 2.10. The fourth-order valence-electron chi connectivity index (χ4n) is 1.90. The summed E-state index contributed by atoms with van der Waals surface area (Å²) in [6.45, 7) is 3.61. The average Bonchev–Trinajstić information content (AvgIpc) is 2.24. The maximum Gasteiger partial charge on any atom is 0.503 e. The van der Waals surface area contributed by atoms with Gasteiger partial charge in [-0.1, -0.05) is 51.9 Å². The molecule has 0 fully saturated rings. The van der Waals surface area contributed by atoms with Crippen molar-refractivity contribution in [2.24, 2.45) is 0 Å². The van der Waals surface area contributed by atoms with Gasteiger partial charge in [-0.2, -0.15) is 0 Å². The number of carbonyl (C=O) groups is 1. The van der Waals surface area contributed by atoms with Gasteiger partial charge in [0.2, 0.25) is 0 Å². The zero-order valence-electron chi connectivity index (χ0n) is 13.3. The first-order valence-corrected chi connectivity index (χ1v) is 7.52. The summed E-state index contributed by atoms with van der Waals surface area (Å²) in [5, 5.41) is 13.9. The smallest absolute Gasteiger partial charge is 0.450 e. The number of unbranched alkanes of at least 4 members (excludes halogenated alkanes) is 8. The van der Waals surface area contributed by atoms with E-state index in [1.165, 1.54) is 64.3 Å². The lowest BCUT2D eigenvalue weighted by molar-refractivity contribution is -0.870. The second kappa shape index (κ2) is 13.7. The lowest BCUT2D eigenvalue weighted by Gasteiger charge is -2.23. The van der Waals surface area contributed by atoms with Gasteiger partial charge in [-0.25, -0.2) is 4.79 Å². The van der Waals surface area contributed by atoms with Gasteiger partial charge in [0.15, 0.2) is 0 Å². The van der Waals surface area contributed by atoms with Crippen LogP contribution in [0.25, 0.3) is 0 Å². The van der Waals surface area contributed by atoms with Crippen LogP contribution in [0.2, 0.25) is 0 Å². The molecule has 0 amide bonds. The van der Waals surface area contributed by atoms with Crippen LogP contribution in [0.15, 0.2) is 0 Å². The summed E-state index contributed by atoms with van der Waals surface area (Å²) in [6, 6.07) is 0. The third-order valence-electron chi connectivity index (χ3n) is 2.93.